The summed E-state index contributed by atoms with van der Waals surface area (Å²) >= 11 is 0.0301. The van der Waals surface area contributed by atoms with E-state index in [-0.39, 0.29) is 103 Å². The molecule has 5 nitrogen and oxygen atoms in total. The molecule has 0 aromatic carbocycles. The van der Waals surface area contributed by atoms with Gasteiger partial charge in [-0.25, -0.2) is 0 Å². The van der Waals surface area contributed by atoms with Gasteiger partial charge in [0.2, 0.25) is 0 Å². The fourth-order valence-electron chi connectivity index (χ4n) is 0. The second-order valence-corrected chi connectivity index (χ2v) is 1.63. The van der Waals surface area contributed by atoms with Crippen molar-refractivity contribution >= 4 is 17.5 Å². The van der Waals surface area contributed by atoms with Gasteiger partial charge in [0.05, 0.1) is 0 Å². The van der Waals surface area contributed by atoms with E-state index in [4.69, 9.17) is 22.8 Å². The van der Waals surface area contributed by atoms with Gasteiger partial charge < -0.3 is 18.6 Å². The molecule has 0 bridgehead atoms. The molecule has 50 valence electrons. The summed E-state index contributed by atoms with van der Waals surface area (Å²) in [6.45, 7) is 0. The Hall–Kier alpha value is 3.32. The number of thiocarbonyl (C=S) groups is 1. The fraction of sp³-hybridized carbons (Fsp3) is 0. The molecule has 0 aliphatic heterocycles. The molecule has 0 spiro atoms. The quantitative estimate of drug-likeness (QED) is 0.349. The van der Waals surface area contributed by atoms with Crippen molar-refractivity contribution in [1.29, 1.82) is 0 Å². The van der Waals surface area contributed by atoms with Crippen LogP contribution in [0.2, 0.25) is 0 Å². The van der Waals surface area contributed by atoms with Crippen molar-refractivity contribution in [3.05, 3.63) is 0 Å². The van der Waals surface area contributed by atoms with Gasteiger partial charge in [0.15, 0.2) is 0 Å². The monoisotopic (exact) mass is 282 g/mol. The second kappa shape index (κ2) is 18.2. The van der Waals surface area contributed by atoms with Crippen molar-refractivity contribution in [1.82, 2.24) is 0 Å². The number of hydrogen-bond acceptors (Lipinski definition) is 6. The molecular weight excluding hydrogens is 282 g/mol. The van der Waals surface area contributed by atoms with Crippen molar-refractivity contribution in [2.75, 3.05) is 0 Å². The largest absolute Gasteiger partial charge is 1.00 e. The molecule has 0 aromatic rings. The average Bonchev–Trinajstić information content (AvgIpc) is 1.25. The van der Waals surface area contributed by atoms with Crippen LogP contribution in [-0.4, -0.2) is 9.43 Å². The van der Waals surface area contributed by atoms with Crippen molar-refractivity contribution in [2.45, 2.75) is 0 Å². The Morgan fingerprint density at radius 1 is 1.20 bits per heavy atom. The minimum atomic E-state index is -3.40. The van der Waals surface area contributed by atoms with Crippen molar-refractivity contribution in [2.24, 2.45) is 0 Å². The van der Waals surface area contributed by atoms with E-state index in [0.29, 0.717) is 0 Å². The summed E-state index contributed by atoms with van der Waals surface area (Å²) < 4.78 is 24.3. The molecule has 0 rings (SSSR count). The normalized spacial score (nSPS) is 6.00. The molecule has 0 fully saturated rings. The SMILES string of the molecule is [K+].[K+].[O-]C([O-])=S.[O-][Br+2]([O-])O. The molecule has 10 heavy (non-hydrogen) atoms. The van der Waals surface area contributed by atoms with E-state index in [0.717, 1.165) is 0 Å². The maximum absolute atomic E-state index is 8.70. The smallest absolute Gasteiger partial charge is 0.876 e. The van der Waals surface area contributed by atoms with Crippen LogP contribution in [0.15, 0.2) is 0 Å². The molecule has 0 aliphatic rings. The summed E-state index contributed by atoms with van der Waals surface area (Å²) in [7, 11) is 0. The van der Waals surface area contributed by atoms with Crippen molar-refractivity contribution in [3.63, 3.8) is 0 Å². The minimum absolute atomic E-state index is 0. The standard InChI is InChI=1S/CH2O2S.BrHO3.2K/c2*2-1(3)4;;/h(H2,2,3,4);2H;;/q;;2*+1/p-2. The van der Waals surface area contributed by atoms with Gasteiger partial charge in [0.1, 0.15) is 0 Å². The molecule has 0 amide bonds. The van der Waals surface area contributed by atoms with Gasteiger partial charge in [0, 0.05) is 0 Å². The second-order valence-electron chi connectivity index (χ2n) is 0.451. The molecule has 9 heteroatoms. The maximum atomic E-state index is 8.70. The van der Waals surface area contributed by atoms with Crippen LogP contribution in [0, 0.1) is 14.8 Å². The van der Waals surface area contributed by atoms with Crippen LogP contribution in [0.4, 0.5) is 0 Å². The van der Waals surface area contributed by atoms with Gasteiger partial charge in [-0.15, -0.1) is 17.5 Å². The van der Waals surface area contributed by atoms with E-state index in [2.05, 4.69) is 12.2 Å². The summed E-state index contributed by atoms with van der Waals surface area (Å²) in [6, 6.07) is 0. The third kappa shape index (κ3) is 109. The van der Waals surface area contributed by atoms with Crippen LogP contribution < -0.4 is 121 Å². The van der Waals surface area contributed by atoms with Gasteiger partial charge >= 0.3 is 118 Å². The van der Waals surface area contributed by atoms with Crippen LogP contribution in [0.1, 0.15) is 0 Å². The first-order valence-corrected chi connectivity index (χ1v) is 3.50. The Labute approximate surface area is 153 Å². The summed E-state index contributed by atoms with van der Waals surface area (Å²) in [5.41, 5.74) is 0. The van der Waals surface area contributed by atoms with E-state index in [1.165, 1.54) is 0 Å². The minimum Gasteiger partial charge on any atom is -0.876 e. The van der Waals surface area contributed by atoms with Crippen molar-refractivity contribution in [3.8, 4) is 0 Å². The molecule has 0 heterocycles. The third-order valence-corrected chi connectivity index (χ3v) is 0. The summed E-state index contributed by atoms with van der Waals surface area (Å²) in [5, 5.41) is 15.9. The zero-order chi connectivity index (χ0) is 7.15. The first-order valence-electron chi connectivity index (χ1n) is 1.09. The molecule has 0 saturated carbocycles. The van der Waals surface area contributed by atoms with Crippen LogP contribution in [0.5, 0.6) is 0 Å². The van der Waals surface area contributed by atoms with Crippen LogP contribution >= 0.6 is 12.2 Å². The predicted molar refractivity (Wildman–Crippen MR) is 14.8 cm³/mol. The summed E-state index contributed by atoms with van der Waals surface area (Å²) in [4.78, 5) is 0. The Morgan fingerprint density at radius 2 is 1.20 bits per heavy atom. The number of hydrogen-bond donors (Lipinski definition) is 1. The van der Waals surface area contributed by atoms with Crippen LogP contribution in [-0.2, 0) is 0 Å². The van der Waals surface area contributed by atoms with Crippen LogP contribution in [0.25, 0.3) is 0 Å². The van der Waals surface area contributed by atoms with E-state index < -0.39 is 20.0 Å². The van der Waals surface area contributed by atoms with E-state index >= 15 is 0 Å². The van der Waals surface area contributed by atoms with Gasteiger partial charge in [-0.2, -0.15) is 0 Å². The third-order valence-electron chi connectivity index (χ3n) is 0. The Morgan fingerprint density at radius 3 is 1.20 bits per heavy atom. The van der Waals surface area contributed by atoms with Crippen LogP contribution in [0.3, 0.4) is 0 Å². The van der Waals surface area contributed by atoms with Gasteiger partial charge in [-0.3, -0.25) is 0 Å². The van der Waals surface area contributed by atoms with E-state index in [1.54, 1.807) is 0 Å². The molecule has 0 atom stereocenters. The molecule has 0 radical (unpaired) electrons. The zero-order valence-corrected chi connectivity index (χ0v) is 14.0. The molecule has 0 unspecified atom stereocenters. The maximum Gasteiger partial charge on any atom is 1.00 e. The topological polar surface area (TPSA) is 112 Å². The average molecular weight is 283 g/mol. The number of rotatable bonds is 0. The summed E-state index contributed by atoms with van der Waals surface area (Å²) in [5.74, 6) is 0. The molecule has 0 aliphatic carbocycles. The Kier molecular flexibility index (Phi) is 42.3. The van der Waals surface area contributed by atoms with Gasteiger partial charge in [-0.05, 0) is 4.20 Å². The molecule has 1 N–H and O–H groups in total. The molecular formula is CHBrK2O5S. The first kappa shape index (κ1) is 23.3. The molecule has 0 aromatic heterocycles. The number of halogens is 1. The van der Waals surface area contributed by atoms with E-state index in [9.17, 15) is 0 Å². The van der Waals surface area contributed by atoms with Gasteiger partial charge in [0.25, 0.3) is 0 Å². The Balaban J connectivity index is -0.0000000300. The fourth-order valence-corrected chi connectivity index (χ4v) is 0. The molecule has 0 saturated heterocycles. The Bertz CT molecular complexity index is 63.9. The summed E-state index contributed by atoms with van der Waals surface area (Å²) in [6.07, 6.45) is 0. The van der Waals surface area contributed by atoms with E-state index in [1.807, 2.05) is 0 Å². The zero-order valence-electron chi connectivity index (χ0n) is 5.37. The first-order chi connectivity index (χ1) is 3.46. The predicted octanol–water partition coefficient (Wildman–Crippen LogP) is -10.9. The van der Waals surface area contributed by atoms with Gasteiger partial charge in [-0.1, -0.05) is 0 Å². The van der Waals surface area contributed by atoms with Crippen molar-refractivity contribution < 1.29 is 140 Å².